The summed E-state index contributed by atoms with van der Waals surface area (Å²) in [7, 11) is 1.30. The summed E-state index contributed by atoms with van der Waals surface area (Å²) in [5, 5.41) is 3.14. The molecule has 1 amide bonds. The number of benzene rings is 1. The number of methoxy groups -OCH3 is 1. The van der Waals surface area contributed by atoms with Crippen molar-refractivity contribution in [2.45, 2.75) is 32.1 Å². The molecule has 20 heavy (non-hydrogen) atoms. The van der Waals surface area contributed by atoms with Crippen LogP contribution in [0.25, 0.3) is 0 Å². The largest absolute Gasteiger partial charge is 0.465 e. The average molecular weight is 296 g/mol. The summed E-state index contributed by atoms with van der Waals surface area (Å²) in [5.74, 6) is -0.366. The first-order valence-corrected chi connectivity index (χ1v) is 7.18. The lowest BCUT2D eigenvalue weighted by molar-refractivity contribution is -0.120. The normalized spacial score (nSPS) is 15.7. The van der Waals surface area contributed by atoms with Gasteiger partial charge in [0, 0.05) is 11.6 Å². The van der Waals surface area contributed by atoms with Gasteiger partial charge in [-0.1, -0.05) is 30.9 Å². The minimum Gasteiger partial charge on any atom is -0.465 e. The predicted molar refractivity (Wildman–Crippen MR) is 78.0 cm³/mol. The van der Waals surface area contributed by atoms with Crippen LogP contribution in [-0.2, 0) is 9.53 Å². The van der Waals surface area contributed by atoms with Gasteiger partial charge in [-0.2, -0.15) is 0 Å². The van der Waals surface area contributed by atoms with E-state index in [0.717, 1.165) is 25.7 Å². The van der Waals surface area contributed by atoms with Crippen molar-refractivity contribution in [1.82, 2.24) is 0 Å². The summed E-state index contributed by atoms with van der Waals surface area (Å²) < 4.78 is 4.62. The van der Waals surface area contributed by atoms with Gasteiger partial charge in [-0.3, -0.25) is 4.79 Å². The van der Waals surface area contributed by atoms with Crippen LogP contribution < -0.4 is 5.32 Å². The van der Waals surface area contributed by atoms with Crippen molar-refractivity contribution in [1.29, 1.82) is 0 Å². The maximum absolute atomic E-state index is 12.1. The molecule has 1 aliphatic carbocycles. The third-order valence-corrected chi connectivity index (χ3v) is 3.93. The highest BCUT2D eigenvalue weighted by Gasteiger charge is 2.21. The number of rotatable bonds is 3. The second-order valence-electron chi connectivity index (χ2n) is 5.01. The molecule has 0 aromatic heterocycles. The molecule has 1 saturated carbocycles. The van der Waals surface area contributed by atoms with Crippen molar-refractivity contribution in [3.05, 3.63) is 28.8 Å². The topological polar surface area (TPSA) is 55.4 Å². The molecular formula is C15H18ClNO3. The first-order chi connectivity index (χ1) is 9.61. The van der Waals surface area contributed by atoms with E-state index in [0.29, 0.717) is 11.3 Å². The molecule has 108 valence electrons. The van der Waals surface area contributed by atoms with E-state index in [-0.39, 0.29) is 16.8 Å². The minimum atomic E-state index is -0.486. The maximum atomic E-state index is 12.1. The molecular weight excluding hydrogens is 278 g/mol. The molecule has 0 saturated heterocycles. The van der Waals surface area contributed by atoms with Crippen molar-refractivity contribution in [2.75, 3.05) is 12.4 Å². The van der Waals surface area contributed by atoms with Gasteiger partial charge in [-0.05, 0) is 31.0 Å². The van der Waals surface area contributed by atoms with Crippen LogP contribution in [0.3, 0.4) is 0 Å². The lowest BCUT2D eigenvalue weighted by Crippen LogP contribution is -2.24. The number of halogens is 1. The Hall–Kier alpha value is -1.55. The first-order valence-electron chi connectivity index (χ1n) is 6.80. The summed E-state index contributed by atoms with van der Waals surface area (Å²) in [4.78, 5) is 23.5. The van der Waals surface area contributed by atoms with Crippen LogP contribution in [-0.4, -0.2) is 19.0 Å². The fourth-order valence-electron chi connectivity index (χ4n) is 2.48. The number of carbonyl (C=O) groups is 2. The molecule has 0 aliphatic heterocycles. The van der Waals surface area contributed by atoms with Gasteiger partial charge in [-0.15, -0.1) is 0 Å². The third-order valence-electron chi connectivity index (χ3n) is 3.62. The van der Waals surface area contributed by atoms with Crippen LogP contribution in [0.2, 0.25) is 5.02 Å². The molecule has 0 heterocycles. The molecule has 0 radical (unpaired) electrons. The summed E-state index contributed by atoms with van der Waals surface area (Å²) in [6.45, 7) is 0. The molecule has 0 unspecified atom stereocenters. The van der Waals surface area contributed by atoms with Gasteiger partial charge in [0.15, 0.2) is 0 Å². The zero-order valence-electron chi connectivity index (χ0n) is 11.4. The number of esters is 1. The summed E-state index contributed by atoms with van der Waals surface area (Å²) in [5.41, 5.74) is 0.906. The Balaban J connectivity index is 2.04. The van der Waals surface area contributed by atoms with Gasteiger partial charge >= 0.3 is 5.97 Å². The number of carbonyl (C=O) groups excluding carboxylic acids is 2. The van der Waals surface area contributed by atoms with E-state index in [1.165, 1.54) is 13.5 Å². The maximum Gasteiger partial charge on any atom is 0.339 e. The molecule has 1 N–H and O–H groups in total. The molecule has 0 atom stereocenters. The first kappa shape index (κ1) is 14.9. The number of ether oxygens (including phenoxy) is 1. The molecule has 1 aliphatic rings. The van der Waals surface area contributed by atoms with Crippen molar-refractivity contribution < 1.29 is 14.3 Å². The fraction of sp³-hybridized carbons (Fsp3) is 0.467. The minimum absolute atomic E-state index is 0.0339. The summed E-state index contributed by atoms with van der Waals surface area (Å²) in [6, 6.07) is 4.80. The lowest BCUT2D eigenvalue weighted by atomic mass is 9.88. The van der Waals surface area contributed by atoms with Gasteiger partial charge in [0.25, 0.3) is 0 Å². The number of anilines is 1. The molecule has 1 aromatic rings. The van der Waals surface area contributed by atoms with Gasteiger partial charge in [-0.25, -0.2) is 4.79 Å². The highest BCUT2D eigenvalue weighted by Crippen LogP contribution is 2.26. The second-order valence-corrected chi connectivity index (χ2v) is 5.42. The summed E-state index contributed by atoms with van der Waals surface area (Å²) in [6.07, 6.45) is 5.32. The Kier molecular flexibility index (Phi) is 5.01. The van der Waals surface area contributed by atoms with Crippen LogP contribution in [0.5, 0.6) is 0 Å². The van der Waals surface area contributed by atoms with Gasteiger partial charge < -0.3 is 10.1 Å². The Labute approximate surface area is 123 Å². The summed E-state index contributed by atoms with van der Waals surface area (Å²) >= 11 is 6.02. The number of hydrogen-bond acceptors (Lipinski definition) is 3. The molecule has 2 rings (SSSR count). The molecule has 0 spiro atoms. The van der Waals surface area contributed by atoms with Gasteiger partial charge in [0.1, 0.15) is 0 Å². The Morgan fingerprint density at radius 2 is 1.95 bits per heavy atom. The van der Waals surface area contributed by atoms with E-state index < -0.39 is 5.97 Å². The smallest absolute Gasteiger partial charge is 0.339 e. The second kappa shape index (κ2) is 6.75. The van der Waals surface area contributed by atoms with Gasteiger partial charge in [0.05, 0.1) is 17.7 Å². The molecule has 4 nitrogen and oxygen atoms in total. The SMILES string of the molecule is COC(=O)c1ccc(NC(=O)C2CCCCC2)cc1Cl. The van der Waals surface area contributed by atoms with Crippen molar-refractivity contribution in [3.8, 4) is 0 Å². The predicted octanol–water partition coefficient (Wildman–Crippen LogP) is 3.65. The van der Waals surface area contributed by atoms with Crippen LogP contribution >= 0.6 is 11.6 Å². The number of amides is 1. The van der Waals surface area contributed by atoms with E-state index in [1.807, 2.05) is 0 Å². The Morgan fingerprint density at radius 1 is 1.25 bits per heavy atom. The standard InChI is InChI=1S/C15H18ClNO3/c1-20-15(19)12-8-7-11(9-13(12)16)17-14(18)10-5-3-2-4-6-10/h7-10H,2-6H2,1H3,(H,17,18). The number of hydrogen-bond donors (Lipinski definition) is 1. The lowest BCUT2D eigenvalue weighted by Gasteiger charge is -2.20. The third kappa shape index (κ3) is 3.51. The van der Waals surface area contributed by atoms with Gasteiger partial charge in [0.2, 0.25) is 5.91 Å². The average Bonchev–Trinajstić information content (AvgIpc) is 2.47. The molecule has 5 heteroatoms. The van der Waals surface area contributed by atoms with E-state index >= 15 is 0 Å². The van der Waals surface area contributed by atoms with E-state index in [1.54, 1.807) is 18.2 Å². The van der Waals surface area contributed by atoms with Crippen LogP contribution in [0.4, 0.5) is 5.69 Å². The Morgan fingerprint density at radius 3 is 2.55 bits per heavy atom. The van der Waals surface area contributed by atoms with Crippen molar-refractivity contribution >= 4 is 29.2 Å². The van der Waals surface area contributed by atoms with Crippen LogP contribution in [0.1, 0.15) is 42.5 Å². The van der Waals surface area contributed by atoms with E-state index in [2.05, 4.69) is 10.1 Å². The fourth-order valence-corrected chi connectivity index (χ4v) is 2.74. The zero-order valence-corrected chi connectivity index (χ0v) is 12.2. The van der Waals surface area contributed by atoms with Crippen molar-refractivity contribution in [3.63, 3.8) is 0 Å². The molecule has 1 fully saturated rings. The zero-order chi connectivity index (χ0) is 14.5. The Bertz CT molecular complexity index is 510. The number of nitrogens with one attached hydrogen (secondary N) is 1. The van der Waals surface area contributed by atoms with Crippen molar-refractivity contribution in [2.24, 2.45) is 5.92 Å². The molecule has 0 bridgehead atoms. The molecule has 1 aromatic carbocycles. The van der Waals surface area contributed by atoms with E-state index in [9.17, 15) is 9.59 Å². The highest BCUT2D eigenvalue weighted by molar-refractivity contribution is 6.34. The van der Waals surface area contributed by atoms with Crippen LogP contribution in [0, 0.1) is 5.92 Å². The van der Waals surface area contributed by atoms with Crippen LogP contribution in [0.15, 0.2) is 18.2 Å². The quantitative estimate of drug-likeness (QED) is 0.866. The monoisotopic (exact) mass is 295 g/mol. The van der Waals surface area contributed by atoms with E-state index in [4.69, 9.17) is 11.6 Å². The highest BCUT2D eigenvalue weighted by atomic mass is 35.5.